The Bertz CT molecular complexity index is 586. The Labute approximate surface area is 124 Å². The molecule has 0 aliphatic heterocycles. The quantitative estimate of drug-likeness (QED) is 0.885. The molecule has 0 aliphatic carbocycles. The molecule has 0 saturated heterocycles. The SMILES string of the molecule is CN(CCNC(=O)Cc1ccccc1F)c1ccccc1. The summed E-state index contributed by atoms with van der Waals surface area (Å²) in [5.41, 5.74) is 1.52. The van der Waals surface area contributed by atoms with Crippen molar-refractivity contribution < 1.29 is 9.18 Å². The monoisotopic (exact) mass is 286 g/mol. The van der Waals surface area contributed by atoms with Gasteiger partial charge in [-0.15, -0.1) is 0 Å². The summed E-state index contributed by atoms with van der Waals surface area (Å²) in [5, 5.41) is 2.81. The number of anilines is 1. The zero-order chi connectivity index (χ0) is 15.1. The van der Waals surface area contributed by atoms with Crippen LogP contribution in [-0.4, -0.2) is 26.0 Å². The van der Waals surface area contributed by atoms with Crippen LogP contribution in [-0.2, 0) is 11.2 Å². The Kier molecular flexibility index (Phi) is 5.32. The lowest BCUT2D eigenvalue weighted by Crippen LogP contribution is -2.33. The van der Waals surface area contributed by atoms with Crippen LogP contribution in [0.1, 0.15) is 5.56 Å². The van der Waals surface area contributed by atoms with Gasteiger partial charge in [0.15, 0.2) is 0 Å². The number of nitrogens with one attached hydrogen (secondary N) is 1. The van der Waals surface area contributed by atoms with Crippen molar-refractivity contribution in [3.05, 3.63) is 66.0 Å². The van der Waals surface area contributed by atoms with E-state index in [1.54, 1.807) is 18.2 Å². The van der Waals surface area contributed by atoms with Gasteiger partial charge in [0.2, 0.25) is 5.91 Å². The van der Waals surface area contributed by atoms with Crippen LogP contribution in [0, 0.1) is 5.82 Å². The fourth-order valence-corrected chi connectivity index (χ4v) is 2.05. The number of halogens is 1. The first-order valence-corrected chi connectivity index (χ1v) is 6.93. The Morgan fingerprint density at radius 3 is 2.48 bits per heavy atom. The molecule has 0 radical (unpaired) electrons. The van der Waals surface area contributed by atoms with E-state index in [0.717, 1.165) is 5.69 Å². The van der Waals surface area contributed by atoms with Crippen molar-refractivity contribution in [3.63, 3.8) is 0 Å². The van der Waals surface area contributed by atoms with E-state index in [9.17, 15) is 9.18 Å². The third-order valence-electron chi connectivity index (χ3n) is 3.28. The lowest BCUT2D eigenvalue weighted by molar-refractivity contribution is -0.120. The molecule has 0 fully saturated rings. The van der Waals surface area contributed by atoms with Gasteiger partial charge in [0.05, 0.1) is 6.42 Å². The summed E-state index contributed by atoms with van der Waals surface area (Å²) in [6.07, 6.45) is 0.0712. The fourth-order valence-electron chi connectivity index (χ4n) is 2.05. The molecule has 21 heavy (non-hydrogen) atoms. The molecule has 0 saturated carbocycles. The predicted octanol–water partition coefficient (Wildman–Crippen LogP) is 2.62. The highest BCUT2D eigenvalue weighted by Gasteiger charge is 2.07. The fraction of sp³-hybridized carbons (Fsp3) is 0.235. The standard InChI is InChI=1S/C17H19FN2O/c1-20(15-8-3-2-4-9-15)12-11-19-17(21)13-14-7-5-6-10-16(14)18/h2-10H,11-13H2,1H3,(H,19,21). The molecule has 4 heteroatoms. The van der Waals surface area contributed by atoms with Crippen molar-refractivity contribution in [1.82, 2.24) is 5.32 Å². The lowest BCUT2D eigenvalue weighted by atomic mass is 10.1. The van der Waals surface area contributed by atoms with Crippen molar-refractivity contribution in [3.8, 4) is 0 Å². The van der Waals surface area contributed by atoms with E-state index >= 15 is 0 Å². The van der Waals surface area contributed by atoms with E-state index in [0.29, 0.717) is 18.7 Å². The van der Waals surface area contributed by atoms with E-state index < -0.39 is 0 Å². The molecule has 2 aromatic rings. The molecule has 0 spiro atoms. The average Bonchev–Trinajstić information content (AvgIpc) is 2.50. The van der Waals surface area contributed by atoms with Crippen molar-refractivity contribution in [2.45, 2.75) is 6.42 Å². The zero-order valence-corrected chi connectivity index (χ0v) is 12.1. The second-order valence-corrected chi connectivity index (χ2v) is 4.88. The van der Waals surface area contributed by atoms with Gasteiger partial charge in [0, 0.05) is 25.8 Å². The summed E-state index contributed by atoms with van der Waals surface area (Å²) in [4.78, 5) is 13.8. The van der Waals surface area contributed by atoms with Gasteiger partial charge in [-0.05, 0) is 23.8 Å². The predicted molar refractivity (Wildman–Crippen MR) is 82.8 cm³/mol. The summed E-state index contributed by atoms with van der Waals surface area (Å²) in [6.45, 7) is 1.23. The lowest BCUT2D eigenvalue weighted by Gasteiger charge is -2.19. The summed E-state index contributed by atoms with van der Waals surface area (Å²) in [6, 6.07) is 16.3. The summed E-state index contributed by atoms with van der Waals surface area (Å²) < 4.78 is 13.4. The average molecular weight is 286 g/mol. The number of nitrogens with zero attached hydrogens (tertiary/aromatic N) is 1. The number of benzene rings is 2. The van der Waals surface area contributed by atoms with Gasteiger partial charge >= 0.3 is 0 Å². The third kappa shape index (κ3) is 4.60. The number of amides is 1. The van der Waals surface area contributed by atoms with Crippen LogP contribution in [0.3, 0.4) is 0 Å². The Balaban J connectivity index is 1.76. The van der Waals surface area contributed by atoms with Gasteiger partial charge in [-0.25, -0.2) is 4.39 Å². The smallest absolute Gasteiger partial charge is 0.224 e. The normalized spacial score (nSPS) is 10.2. The van der Waals surface area contributed by atoms with Crippen molar-refractivity contribution >= 4 is 11.6 Å². The van der Waals surface area contributed by atoms with Crippen LogP contribution in [0.15, 0.2) is 54.6 Å². The summed E-state index contributed by atoms with van der Waals surface area (Å²) in [7, 11) is 1.97. The number of carbonyl (C=O) groups is 1. The van der Waals surface area contributed by atoms with Gasteiger partial charge in [-0.1, -0.05) is 36.4 Å². The van der Waals surface area contributed by atoms with Gasteiger partial charge < -0.3 is 10.2 Å². The topological polar surface area (TPSA) is 32.3 Å². The molecule has 3 nitrogen and oxygen atoms in total. The minimum absolute atomic E-state index is 0.0712. The van der Waals surface area contributed by atoms with Gasteiger partial charge in [-0.3, -0.25) is 4.79 Å². The number of hydrogen-bond donors (Lipinski definition) is 1. The number of rotatable bonds is 6. The second-order valence-electron chi connectivity index (χ2n) is 4.88. The van der Waals surface area contributed by atoms with Crippen LogP contribution in [0.4, 0.5) is 10.1 Å². The maximum Gasteiger partial charge on any atom is 0.224 e. The number of para-hydroxylation sites is 1. The number of carbonyl (C=O) groups excluding carboxylic acids is 1. The Morgan fingerprint density at radius 2 is 1.76 bits per heavy atom. The molecule has 0 aromatic heterocycles. The minimum Gasteiger partial charge on any atom is -0.373 e. The molecule has 110 valence electrons. The minimum atomic E-state index is -0.339. The van der Waals surface area contributed by atoms with Crippen LogP contribution in [0.5, 0.6) is 0 Å². The second kappa shape index (κ2) is 7.43. The Hall–Kier alpha value is -2.36. The summed E-state index contributed by atoms with van der Waals surface area (Å²) >= 11 is 0. The molecule has 1 N–H and O–H groups in total. The largest absolute Gasteiger partial charge is 0.373 e. The van der Waals surface area contributed by atoms with Crippen molar-refractivity contribution in [1.29, 1.82) is 0 Å². The van der Waals surface area contributed by atoms with Crippen molar-refractivity contribution in [2.24, 2.45) is 0 Å². The van der Waals surface area contributed by atoms with Gasteiger partial charge in [-0.2, -0.15) is 0 Å². The highest BCUT2D eigenvalue weighted by atomic mass is 19.1. The van der Waals surface area contributed by atoms with Crippen LogP contribution < -0.4 is 10.2 Å². The van der Waals surface area contributed by atoms with Crippen LogP contribution in [0.2, 0.25) is 0 Å². The van der Waals surface area contributed by atoms with Gasteiger partial charge in [0.25, 0.3) is 0 Å². The molecular formula is C17H19FN2O. The first-order chi connectivity index (χ1) is 10.2. The molecule has 0 bridgehead atoms. The Morgan fingerprint density at radius 1 is 1.10 bits per heavy atom. The third-order valence-corrected chi connectivity index (χ3v) is 3.28. The maximum atomic E-state index is 13.4. The van der Waals surface area contributed by atoms with E-state index in [2.05, 4.69) is 10.2 Å². The van der Waals surface area contributed by atoms with E-state index in [-0.39, 0.29) is 18.1 Å². The number of likely N-dealkylation sites (N-methyl/N-ethyl adjacent to an activating group) is 1. The van der Waals surface area contributed by atoms with E-state index in [1.807, 2.05) is 37.4 Å². The molecule has 0 unspecified atom stereocenters. The molecule has 0 aliphatic rings. The summed E-state index contributed by atoms with van der Waals surface area (Å²) in [5.74, 6) is -0.504. The first-order valence-electron chi connectivity index (χ1n) is 6.93. The van der Waals surface area contributed by atoms with Crippen molar-refractivity contribution in [2.75, 3.05) is 25.0 Å². The van der Waals surface area contributed by atoms with E-state index in [4.69, 9.17) is 0 Å². The molecule has 2 aromatic carbocycles. The van der Waals surface area contributed by atoms with E-state index in [1.165, 1.54) is 6.07 Å². The zero-order valence-electron chi connectivity index (χ0n) is 12.1. The highest BCUT2D eigenvalue weighted by Crippen LogP contribution is 2.10. The molecule has 0 heterocycles. The molecular weight excluding hydrogens is 267 g/mol. The molecule has 2 rings (SSSR count). The van der Waals surface area contributed by atoms with Gasteiger partial charge in [0.1, 0.15) is 5.82 Å². The van der Waals surface area contributed by atoms with Crippen LogP contribution >= 0.6 is 0 Å². The number of hydrogen-bond acceptors (Lipinski definition) is 2. The highest BCUT2D eigenvalue weighted by molar-refractivity contribution is 5.78. The molecule has 1 amide bonds. The first kappa shape index (κ1) is 15.0. The van der Waals surface area contributed by atoms with Crippen LogP contribution in [0.25, 0.3) is 0 Å². The molecule has 0 atom stereocenters. The maximum absolute atomic E-state index is 13.4.